The van der Waals surface area contributed by atoms with Gasteiger partial charge >= 0.3 is 0 Å². The monoisotopic (exact) mass is 350 g/mol. The maximum atomic E-state index is 4.47. The number of imidazole rings is 1. The fourth-order valence-electron chi connectivity index (χ4n) is 5.16. The first kappa shape index (κ1) is 16.5. The van der Waals surface area contributed by atoms with Crippen LogP contribution in [0.25, 0.3) is 0 Å². The molecule has 3 aliphatic rings. The summed E-state index contributed by atoms with van der Waals surface area (Å²) in [7, 11) is 2.07. The number of aromatic nitrogens is 2. The number of likely N-dealkylation sites (tertiary alicyclic amines) is 1. The number of fused-ring (bicyclic) bond motifs is 2. The van der Waals surface area contributed by atoms with Crippen molar-refractivity contribution in [1.29, 1.82) is 0 Å². The van der Waals surface area contributed by atoms with Crippen LogP contribution in [0.5, 0.6) is 0 Å². The van der Waals surface area contributed by atoms with Crippen LogP contribution in [0.2, 0.25) is 0 Å². The normalized spacial score (nSPS) is 24.9. The van der Waals surface area contributed by atoms with Crippen molar-refractivity contribution < 1.29 is 0 Å². The summed E-state index contributed by atoms with van der Waals surface area (Å²) < 4.78 is 2.11. The summed E-state index contributed by atoms with van der Waals surface area (Å²) in [4.78, 5) is 7.20. The summed E-state index contributed by atoms with van der Waals surface area (Å²) in [5, 5.41) is 3.81. The molecule has 2 aromatic rings. The Morgan fingerprint density at radius 1 is 1.19 bits per heavy atom. The minimum absolute atomic E-state index is 0.385. The number of aryl methyl sites for hydroxylation is 1. The van der Waals surface area contributed by atoms with Crippen LogP contribution >= 0.6 is 0 Å². The van der Waals surface area contributed by atoms with Crippen LogP contribution in [-0.2, 0) is 19.0 Å². The summed E-state index contributed by atoms with van der Waals surface area (Å²) in [5.74, 6) is 2.12. The molecule has 5 rings (SSSR count). The number of hydrogen-bond donors (Lipinski definition) is 1. The second-order valence-electron chi connectivity index (χ2n) is 8.70. The molecule has 1 N–H and O–H groups in total. The van der Waals surface area contributed by atoms with Gasteiger partial charge in [-0.1, -0.05) is 24.3 Å². The molecule has 1 spiro atoms. The third kappa shape index (κ3) is 2.99. The highest BCUT2D eigenvalue weighted by molar-refractivity contribution is 5.42. The summed E-state index contributed by atoms with van der Waals surface area (Å²) in [6.45, 7) is 4.73. The molecule has 0 bridgehead atoms. The number of piperidine rings is 1. The van der Waals surface area contributed by atoms with Gasteiger partial charge in [0, 0.05) is 32.0 Å². The van der Waals surface area contributed by atoms with E-state index in [1.54, 1.807) is 5.56 Å². The van der Waals surface area contributed by atoms with Gasteiger partial charge in [-0.15, -0.1) is 0 Å². The first-order chi connectivity index (χ1) is 12.7. The first-order valence-corrected chi connectivity index (χ1v) is 10.2. The summed E-state index contributed by atoms with van der Waals surface area (Å²) in [6.07, 6.45) is 10.7. The molecule has 2 aliphatic carbocycles. The zero-order valence-electron chi connectivity index (χ0n) is 15.8. The van der Waals surface area contributed by atoms with Crippen molar-refractivity contribution in [3.63, 3.8) is 0 Å². The van der Waals surface area contributed by atoms with E-state index in [0.717, 1.165) is 18.3 Å². The SMILES string of the molecule is Cn1ccnc1CN[C@H]1CC2(CCN(CC3CC3)CC2)c2ccccc21. The molecule has 1 saturated heterocycles. The molecular formula is C22H30N4. The van der Waals surface area contributed by atoms with Gasteiger partial charge in [0.2, 0.25) is 0 Å². The van der Waals surface area contributed by atoms with Crippen LogP contribution < -0.4 is 5.32 Å². The van der Waals surface area contributed by atoms with Crippen LogP contribution in [0.1, 0.15) is 55.1 Å². The molecule has 0 radical (unpaired) electrons. The standard InChI is InChI=1S/C22H30N4/c1-25-13-10-23-21(25)15-24-20-14-22(19-5-3-2-4-18(19)20)8-11-26(12-9-22)16-17-6-7-17/h2-5,10,13,17,20,24H,6-9,11-12,14-16H2,1H3/t20-/m0/s1. The highest BCUT2D eigenvalue weighted by Crippen LogP contribution is 2.51. The Balaban J connectivity index is 1.31. The quantitative estimate of drug-likeness (QED) is 0.897. The van der Waals surface area contributed by atoms with Gasteiger partial charge in [0.1, 0.15) is 5.82 Å². The van der Waals surface area contributed by atoms with Crippen molar-refractivity contribution in [1.82, 2.24) is 19.8 Å². The topological polar surface area (TPSA) is 33.1 Å². The Bertz CT molecular complexity index is 768. The lowest BCUT2D eigenvalue weighted by Crippen LogP contribution is -2.42. The highest BCUT2D eigenvalue weighted by Gasteiger charge is 2.45. The van der Waals surface area contributed by atoms with E-state index in [0.29, 0.717) is 11.5 Å². The van der Waals surface area contributed by atoms with E-state index in [2.05, 4.69) is 51.1 Å². The predicted octanol–water partition coefficient (Wildman–Crippen LogP) is 3.40. The van der Waals surface area contributed by atoms with Gasteiger partial charge in [0.25, 0.3) is 0 Å². The van der Waals surface area contributed by atoms with Crippen molar-refractivity contribution >= 4 is 0 Å². The molecule has 1 atom stereocenters. The molecule has 4 nitrogen and oxygen atoms in total. The van der Waals surface area contributed by atoms with Crippen LogP contribution in [-0.4, -0.2) is 34.1 Å². The molecular weight excluding hydrogens is 320 g/mol. The lowest BCUT2D eigenvalue weighted by molar-refractivity contribution is 0.147. The Morgan fingerprint density at radius 3 is 2.73 bits per heavy atom. The van der Waals surface area contributed by atoms with Crippen LogP contribution in [0, 0.1) is 5.92 Å². The molecule has 2 fully saturated rings. The molecule has 1 aromatic heterocycles. The van der Waals surface area contributed by atoms with Crippen LogP contribution in [0.4, 0.5) is 0 Å². The zero-order valence-corrected chi connectivity index (χ0v) is 15.8. The molecule has 138 valence electrons. The number of rotatable bonds is 5. The number of nitrogens with one attached hydrogen (secondary N) is 1. The van der Waals surface area contributed by atoms with Gasteiger partial charge in [-0.05, 0) is 67.7 Å². The van der Waals surface area contributed by atoms with Crippen LogP contribution in [0.3, 0.4) is 0 Å². The highest BCUT2D eigenvalue weighted by atomic mass is 15.1. The molecule has 0 amide bonds. The lowest BCUT2D eigenvalue weighted by atomic mass is 9.73. The maximum Gasteiger partial charge on any atom is 0.122 e. The minimum Gasteiger partial charge on any atom is -0.337 e. The van der Waals surface area contributed by atoms with E-state index in [4.69, 9.17) is 0 Å². The van der Waals surface area contributed by atoms with Crippen molar-refractivity contribution in [3.05, 3.63) is 53.6 Å². The van der Waals surface area contributed by atoms with Crippen molar-refractivity contribution in [2.75, 3.05) is 19.6 Å². The second kappa shape index (κ2) is 6.50. The number of hydrogen-bond acceptors (Lipinski definition) is 3. The summed E-state index contributed by atoms with van der Waals surface area (Å²) in [6, 6.07) is 9.64. The fourth-order valence-corrected chi connectivity index (χ4v) is 5.16. The Morgan fingerprint density at radius 2 is 2.00 bits per heavy atom. The molecule has 4 heteroatoms. The van der Waals surface area contributed by atoms with E-state index in [1.165, 1.54) is 57.3 Å². The van der Waals surface area contributed by atoms with Crippen molar-refractivity contribution in [3.8, 4) is 0 Å². The van der Waals surface area contributed by atoms with Gasteiger partial charge in [0.15, 0.2) is 0 Å². The maximum absolute atomic E-state index is 4.47. The molecule has 1 aromatic carbocycles. The molecule has 26 heavy (non-hydrogen) atoms. The van der Waals surface area contributed by atoms with Gasteiger partial charge in [0.05, 0.1) is 6.54 Å². The third-order valence-corrected chi connectivity index (χ3v) is 6.96. The summed E-state index contributed by atoms with van der Waals surface area (Å²) in [5.41, 5.74) is 3.52. The van der Waals surface area contributed by atoms with Gasteiger partial charge < -0.3 is 14.8 Å². The molecule has 1 saturated carbocycles. The van der Waals surface area contributed by atoms with Gasteiger partial charge in [-0.2, -0.15) is 0 Å². The Hall–Kier alpha value is -1.65. The first-order valence-electron chi connectivity index (χ1n) is 10.2. The zero-order chi connectivity index (χ0) is 17.6. The number of nitrogens with zero attached hydrogens (tertiary/aromatic N) is 3. The fraction of sp³-hybridized carbons (Fsp3) is 0.591. The second-order valence-corrected chi connectivity index (χ2v) is 8.70. The van der Waals surface area contributed by atoms with Gasteiger partial charge in [-0.3, -0.25) is 0 Å². The summed E-state index contributed by atoms with van der Waals surface area (Å²) >= 11 is 0. The largest absolute Gasteiger partial charge is 0.337 e. The van der Waals surface area contributed by atoms with E-state index in [-0.39, 0.29) is 0 Å². The van der Waals surface area contributed by atoms with Crippen molar-refractivity contribution in [2.24, 2.45) is 13.0 Å². The van der Waals surface area contributed by atoms with E-state index in [1.807, 2.05) is 12.4 Å². The van der Waals surface area contributed by atoms with E-state index < -0.39 is 0 Å². The Kier molecular flexibility index (Phi) is 4.13. The van der Waals surface area contributed by atoms with Crippen molar-refractivity contribution in [2.45, 2.75) is 50.1 Å². The van der Waals surface area contributed by atoms with Crippen LogP contribution in [0.15, 0.2) is 36.7 Å². The smallest absolute Gasteiger partial charge is 0.122 e. The molecule has 0 unspecified atom stereocenters. The van der Waals surface area contributed by atoms with E-state index >= 15 is 0 Å². The predicted molar refractivity (Wildman–Crippen MR) is 104 cm³/mol. The molecule has 1 aliphatic heterocycles. The van der Waals surface area contributed by atoms with Gasteiger partial charge in [-0.25, -0.2) is 4.98 Å². The lowest BCUT2D eigenvalue weighted by Gasteiger charge is -2.40. The minimum atomic E-state index is 0.385. The third-order valence-electron chi connectivity index (χ3n) is 6.96. The average molecular weight is 351 g/mol. The van der Waals surface area contributed by atoms with E-state index in [9.17, 15) is 0 Å². The molecule has 2 heterocycles. The average Bonchev–Trinajstić information content (AvgIpc) is 3.31. The Labute approximate surface area is 156 Å². The number of benzene rings is 1.